The Labute approximate surface area is 113 Å². The summed E-state index contributed by atoms with van der Waals surface area (Å²) in [6.07, 6.45) is 3.52. The monoisotopic (exact) mass is 272 g/mol. The first-order valence-corrected chi connectivity index (χ1v) is 5.99. The van der Waals surface area contributed by atoms with Crippen LogP contribution in [0.25, 0.3) is 16.9 Å². The number of halogens is 1. The zero-order chi connectivity index (χ0) is 13.4. The molecule has 0 spiro atoms. The molecule has 0 fully saturated rings. The summed E-state index contributed by atoms with van der Waals surface area (Å²) in [5.74, 6) is -0.999. The van der Waals surface area contributed by atoms with Gasteiger partial charge in [0, 0.05) is 23.0 Å². The van der Waals surface area contributed by atoms with Gasteiger partial charge in [-0.2, -0.15) is 0 Å². The molecule has 0 bridgehead atoms. The molecule has 0 saturated heterocycles. The maximum atomic E-state index is 11.1. The van der Waals surface area contributed by atoms with Crippen molar-refractivity contribution in [2.45, 2.75) is 0 Å². The fourth-order valence-electron chi connectivity index (χ4n) is 2.04. The predicted octanol–water partition coefficient (Wildman–Crippen LogP) is 3.35. The Morgan fingerprint density at radius 1 is 1.26 bits per heavy atom. The van der Waals surface area contributed by atoms with E-state index in [-0.39, 0.29) is 5.56 Å². The summed E-state index contributed by atoms with van der Waals surface area (Å²) in [6.45, 7) is 0. The fraction of sp³-hybridized carbons (Fsp3) is 0. The standard InChI is InChI=1S/C14H9ClN2O2/c15-11-7-9(6-10(8-11)14(18)19)12-2-1-3-13-16-4-5-17(12)13/h1-8H,(H,18,19). The lowest BCUT2D eigenvalue weighted by Gasteiger charge is -2.07. The maximum Gasteiger partial charge on any atom is 0.335 e. The second-order valence-electron chi connectivity index (χ2n) is 4.10. The van der Waals surface area contributed by atoms with Crippen LogP contribution in [-0.2, 0) is 0 Å². The van der Waals surface area contributed by atoms with Crippen molar-refractivity contribution in [1.29, 1.82) is 0 Å². The second-order valence-corrected chi connectivity index (χ2v) is 4.54. The summed E-state index contributed by atoms with van der Waals surface area (Å²) < 4.78 is 1.89. The molecule has 2 aromatic heterocycles. The minimum Gasteiger partial charge on any atom is -0.478 e. The van der Waals surface area contributed by atoms with E-state index >= 15 is 0 Å². The summed E-state index contributed by atoms with van der Waals surface area (Å²) in [4.78, 5) is 15.3. The Hall–Kier alpha value is -2.33. The number of carbonyl (C=O) groups is 1. The van der Waals surface area contributed by atoms with Crippen LogP contribution in [0.3, 0.4) is 0 Å². The number of hydrogen-bond acceptors (Lipinski definition) is 2. The SMILES string of the molecule is O=C(O)c1cc(Cl)cc(-c2cccc3nccn23)c1. The molecule has 94 valence electrons. The van der Waals surface area contributed by atoms with Gasteiger partial charge in [-0.15, -0.1) is 0 Å². The van der Waals surface area contributed by atoms with Crippen LogP contribution in [0.1, 0.15) is 10.4 Å². The van der Waals surface area contributed by atoms with Crippen molar-refractivity contribution < 1.29 is 9.90 Å². The highest BCUT2D eigenvalue weighted by Gasteiger charge is 2.09. The molecule has 5 heteroatoms. The molecule has 0 radical (unpaired) electrons. The summed E-state index contributed by atoms with van der Waals surface area (Å²) >= 11 is 5.98. The first-order chi connectivity index (χ1) is 9.15. The number of aromatic nitrogens is 2. The van der Waals surface area contributed by atoms with Crippen LogP contribution in [0, 0.1) is 0 Å². The molecule has 2 heterocycles. The molecular formula is C14H9ClN2O2. The van der Waals surface area contributed by atoms with Gasteiger partial charge in [0.25, 0.3) is 0 Å². The van der Waals surface area contributed by atoms with Gasteiger partial charge in [-0.3, -0.25) is 4.40 Å². The Morgan fingerprint density at radius 3 is 2.89 bits per heavy atom. The van der Waals surface area contributed by atoms with Crippen molar-refractivity contribution in [2.75, 3.05) is 0 Å². The molecule has 0 aliphatic rings. The van der Waals surface area contributed by atoms with Gasteiger partial charge in [-0.1, -0.05) is 17.7 Å². The van der Waals surface area contributed by atoms with Crippen molar-refractivity contribution in [3.8, 4) is 11.3 Å². The Kier molecular flexibility index (Phi) is 2.72. The summed E-state index contributed by atoms with van der Waals surface area (Å²) in [6, 6.07) is 10.4. The predicted molar refractivity (Wildman–Crippen MR) is 72.6 cm³/mol. The molecule has 0 unspecified atom stereocenters. The third kappa shape index (κ3) is 2.06. The van der Waals surface area contributed by atoms with E-state index in [9.17, 15) is 4.79 Å². The first kappa shape index (κ1) is 11.7. The van der Waals surface area contributed by atoms with E-state index in [2.05, 4.69) is 4.98 Å². The van der Waals surface area contributed by atoms with Crippen molar-refractivity contribution in [2.24, 2.45) is 0 Å². The average Bonchev–Trinajstić information content (AvgIpc) is 2.85. The molecular weight excluding hydrogens is 264 g/mol. The molecule has 0 saturated carbocycles. The molecule has 0 aliphatic carbocycles. The number of carboxylic acid groups (broad SMARTS) is 1. The second kappa shape index (κ2) is 4.40. The fourth-order valence-corrected chi connectivity index (χ4v) is 2.28. The highest BCUT2D eigenvalue weighted by Crippen LogP contribution is 2.25. The van der Waals surface area contributed by atoms with E-state index < -0.39 is 5.97 Å². The third-order valence-electron chi connectivity index (χ3n) is 2.87. The molecule has 1 N–H and O–H groups in total. The highest BCUT2D eigenvalue weighted by molar-refractivity contribution is 6.31. The summed E-state index contributed by atoms with van der Waals surface area (Å²) in [7, 11) is 0. The van der Waals surface area contributed by atoms with Crippen LogP contribution in [0.15, 0.2) is 48.8 Å². The molecule has 0 atom stereocenters. The summed E-state index contributed by atoms with van der Waals surface area (Å²) in [5, 5.41) is 9.47. The number of hydrogen-bond donors (Lipinski definition) is 1. The topological polar surface area (TPSA) is 54.6 Å². The highest BCUT2D eigenvalue weighted by atomic mass is 35.5. The van der Waals surface area contributed by atoms with E-state index in [1.54, 1.807) is 18.3 Å². The van der Waals surface area contributed by atoms with E-state index in [0.717, 1.165) is 16.9 Å². The van der Waals surface area contributed by atoms with Crippen LogP contribution in [0.2, 0.25) is 5.02 Å². The molecule has 3 rings (SSSR count). The lowest BCUT2D eigenvalue weighted by molar-refractivity contribution is 0.0697. The van der Waals surface area contributed by atoms with Gasteiger partial charge < -0.3 is 5.11 Å². The van der Waals surface area contributed by atoms with Gasteiger partial charge in [-0.05, 0) is 30.3 Å². The molecule has 0 amide bonds. The molecule has 1 aromatic carbocycles. The van der Waals surface area contributed by atoms with Crippen LogP contribution in [0.4, 0.5) is 0 Å². The minimum atomic E-state index is -0.999. The van der Waals surface area contributed by atoms with E-state index in [4.69, 9.17) is 16.7 Å². The lowest BCUT2D eigenvalue weighted by Crippen LogP contribution is -1.98. The molecule has 0 aliphatic heterocycles. The normalized spacial score (nSPS) is 10.8. The largest absolute Gasteiger partial charge is 0.478 e. The minimum absolute atomic E-state index is 0.166. The van der Waals surface area contributed by atoms with Gasteiger partial charge in [0.2, 0.25) is 0 Å². The van der Waals surface area contributed by atoms with Crippen molar-refractivity contribution in [3.63, 3.8) is 0 Å². The Morgan fingerprint density at radius 2 is 2.11 bits per heavy atom. The smallest absolute Gasteiger partial charge is 0.335 e. The summed E-state index contributed by atoms with van der Waals surface area (Å²) in [5.41, 5.74) is 2.56. The maximum absolute atomic E-state index is 11.1. The zero-order valence-corrected chi connectivity index (χ0v) is 10.5. The quantitative estimate of drug-likeness (QED) is 0.778. The number of rotatable bonds is 2. The van der Waals surface area contributed by atoms with Crippen molar-refractivity contribution in [3.05, 3.63) is 59.4 Å². The zero-order valence-electron chi connectivity index (χ0n) is 9.75. The van der Waals surface area contributed by atoms with Crippen molar-refractivity contribution >= 4 is 23.2 Å². The Bertz CT molecular complexity index is 780. The third-order valence-corrected chi connectivity index (χ3v) is 3.09. The van der Waals surface area contributed by atoms with E-state index in [0.29, 0.717) is 5.02 Å². The van der Waals surface area contributed by atoms with Gasteiger partial charge in [0.15, 0.2) is 0 Å². The van der Waals surface area contributed by atoms with E-state index in [1.807, 2.05) is 28.8 Å². The van der Waals surface area contributed by atoms with Crippen molar-refractivity contribution in [1.82, 2.24) is 9.38 Å². The number of benzene rings is 1. The number of nitrogens with zero attached hydrogens (tertiary/aromatic N) is 2. The van der Waals surface area contributed by atoms with Crippen LogP contribution < -0.4 is 0 Å². The van der Waals surface area contributed by atoms with Gasteiger partial charge in [-0.25, -0.2) is 9.78 Å². The van der Waals surface area contributed by atoms with Crippen LogP contribution in [-0.4, -0.2) is 20.5 Å². The average molecular weight is 273 g/mol. The number of aromatic carboxylic acids is 1. The number of pyridine rings is 1. The Balaban J connectivity index is 2.26. The first-order valence-electron chi connectivity index (χ1n) is 5.61. The number of fused-ring (bicyclic) bond motifs is 1. The molecule has 19 heavy (non-hydrogen) atoms. The molecule has 4 nitrogen and oxygen atoms in total. The van der Waals surface area contributed by atoms with Gasteiger partial charge >= 0.3 is 5.97 Å². The number of carboxylic acids is 1. The lowest BCUT2D eigenvalue weighted by atomic mass is 10.1. The van der Waals surface area contributed by atoms with Crippen LogP contribution in [0.5, 0.6) is 0 Å². The van der Waals surface area contributed by atoms with Gasteiger partial charge in [0.05, 0.1) is 11.3 Å². The van der Waals surface area contributed by atoms with Gasteiger partial charge in [0.1, 0.15) is 5.65 Å². The molecule has 3 aromatic rings. The number of imidazole rings is 1. The van der Waals surface area contributed by atoms with Crippen LogP contribution >= 0.6 is 11.6 Å². The van der Waals surface area contributed by atoms with E-state index in [1.165, 1.54) is 6.07 Å².